The molecule has 0 aliphatic rings. The summed E-state index contributed by atoms with van der Waals surface area (Å²) in [6.45, 7) is 2.24. The molecule has 0 fully saturated rings. The minimum Gasteiger partial charge on any atom is -0.464 e. The second-order valence-electron chi connectivity index (χ2n) is 5.24. The Morgan fingerprint density at radius 2 is 1.92 bits per heavy atom. The number of hydrogen-bond acceptors (Lipinski definition) is 7. The Bertz CT molecular complexity index is 918. The summed E-state index contributed by atoms with van der Waals surface area (Å²) in [7, 11) is 0. The number of aromatic nitrogens is 1. The Kier molecular flexibility index (Phi) is 6.03. The van der Waals surface area contributed by atoms with Gasteiger partial charge in [0.25, 0.3) is 0 Å². The number of hydrogen-bond donors (Lipinski definition) is 1. The van der Waals surface area contributed by atoms with Crippen molar-refractivity contribution in [1.29, 1.82) is 0 Å². The van der Waals surface area contributed by atoms with Gasteiger partial charge in [-0.05, 0) is 36.4 Å². The molecule has 0 spiro atoms. The number of azo groups is 1. The number of carbonyl (C=O) groups is 1. The largest absolute Gasteiger partial charge is 0.464 e. The molecule has 2 aromatic carbocycles. The predicted molar refractivity (Wildman–Crippen MR) is 105 cm³/mol. The average molecular weight is 409 g/mol. The zero-order valence-corrected chi connectivity index (χ0v) is 16.0. The molecule has 0 amide bonds. The Morgan fingerprint density at radius 1 is 1.19 bits per heavy atom. The van der Waals surface area contributed by atoms with Gasteiger partial charge in [-0.2, -0.15) is 0 Å². The van der Waals surface area contributed by atoms with E-state index in [1.165, 1.54) is 18.3 Å². The third-order valence-electron chi connectivity index (χ3n) is 3.27. The fourth-order valence-electron chi connectivity index (χ4n) is 2.09. The Morgan fingerprint density at radius 3 is 2.65 bits per heavy atom. The minimum atomic E-state index is -0.290. The summed E-state index contributed by atoms with van der Waals surface area (Å²) in [6.07, 6.45) is 0. The van der Waals surface area contributed by atoms with Crippen molar-refractivity contribution in [2.24, 2.45) is 10.2 Å². The molecule has 0 radical (unpaired) electrons. The van der Waals surface area contributed by atoms with Crippen LogP contribution in [0.1, 0.15) is 6.92 Å². The smallest absolute Gasteiger partial charge is 0.302 e. The standard InChI is InChI=1S/C17H14Cl2N4O2S/c1-10(24)25-7-6-20-11-2-4-12(5-3-11)22-23-17-21-15-8-13(18)14(19)9-16(15)26-17/h2-5,8-9,20H,6-7H2,1H3. The summed E-state index contributed by atoms with van der Waals surface area (Å²) >= 11 is 13.4. The van der Waals surface area contributed by atoms with Crippen LogP contribution in [0, 0.1) is 0 Å². The van der Waals surface area contributed by atoms with Gasteiger partial charge in [0.1, 0.15) is 6.61 Å². The van der Waals surface area contributed by atoms with Gasteiger partial charge >= 0.3 is 5.97 Å². The third-order valence-corrected chi connectivity index (χ3v) is 4.90. The lowest BCUT2D eigenvalue weighted by Crippen LogP contribution is -2.11. The Labute approximate surface area is 163 Å². The lowest BCUT2D eigenvalue weighted by atomic mass is 10.3. The highest BCUT2D eigenvalue weighted by atomic mass is 35.5. The number of nitrogens with one attached hydrogen (secondary N) is 1. The van der Waals surface area contributed by atoms with Gasteiger partial charge in [-0.1, -0.05) is 34.5 Å². The van der Waals surface area contributed by atoms with Gasteiger partial charge in [-0.15, -0.1) is 10.2 Å². The van der Waals surface area contributed by atoms with Gasteiger partial charge in [0.05, 0.1) is 25.9 Å². The molecular formula is C17H14Cl2N4O2S. The van der Waals surface area contributed by atoms with E-state index in [9.17, 15) is 4.79 Å². The van der Waals surface area contributed by atoms with Crippen molar-refractivity contribution in [2.75, 3.05) is 18.5 Å². The van der Waals surface area contributed by atoms with Crippen molar-refractivity contribution in [1.82, 2.24) is 4.98 Å². The zero-order valence-electron chi connectivity index (χ0n) is 13.7. The van der Waals surface area contributed by atoms with Crippen molar-refractivity contribution in [3.63, 3.8) is 0 Å². The highest BCUT2D eigenvalue weighted by Gasteiger charge is 2.07. The van der Waals surface area contributed by atoms with Crippen molar-refractivity contribution in [2.45, 2.75) is 6.92 Å². The molecule has 0 aliphatic heterocycles. The average Bonchev–Trinajstić information content (AvgIpc) is 3.00. The van der Waals surface area contributed by atoms with Crippen LogP contribution in [-0.2, 0) is 9.53 Å². The van der Waals surface area contributed by atoms with E-state index in [1.54, 1.807) is 12.1 Å². The predicted octanol–water partition coefficient (Wildman–Crippen LogP) is 5.99. The number of halogens is 2. The molecule has 0 saturated carbocycles. The molecule has 6 nitrogen and oxygen atoms in total. The second kappa shape index (κ2) is 8.44. The molecular weight excluding hydrogens is 395 g/mol. The third kappa shape index (κ3) is 4.91. The number of fused-ring (bicyclic) bond motifs is 1. The molecule has 134 valence electrons. The van der Waals surface area contributed by atoms with Crippen molar-refractivity contribution in [3.8, 4) is 0 Å². The fourth-order valence-corrected chi connectivity index (χ4v) is 3.29. The maximum absolute atomic E-state index is 10.7. The number of ether oxygens (including phenoxy) is 1. The zero-order chi connectivity index (χ0) is 18.5. The van der Waals surface area contributed by atoms with Gasteiger partial charge in [-0.3, -0.25) is 4.79 Å². The van der Waals surface area contributed by atoms with Crippen molar-refractivity contribution < 1.29 is 9.53 Å². The molecule has 0 saturated heterocycles. The quantitative estimate of drug-likeness (QED) is 0.308. The molecule has 0 bridgehead atoms. The van der Waals surface area contributed by atoms with Crippen LogP contribution in [-0.4, -0.2) is 24.1 Å². The lowest BCUT2D eigenvalue weighted by molar-refractivity contribution is -0.140. The first-order chi connectivity index (χ1) is 12.5. The number of carbonyl (C=O) groups excluding carboxylic acids is 1. The van der Waals surface area contributed by atoms with E-state index < -0.39 is 0 Å². The van der Waals surface area contributed by atoms with E-state index >= 15 is 0 Å². The summed E-state index contributed by atoms with van der Waals surface area (Å²) < 4.78 is 5.76. The summed E-state index contributed by atoms with van der Waals surface area (Å²) in [5.74, 6) is -0.290. The molecule has 0 unspecified atom stereocenters. The van der Waals surface area contributed by atoms with Crippen LogP contribution in [0.3, 0.4) is 0 Å². The molecule has 0 atom stereocenters. The first-order valence-corrected chi connectivity index (χ1v) is 9.23. The van der Waals surface area contributed by atoms with Crippen LogP contribution in [0.5, 0.6) is 0 Å². The van der Waals surface area contributed by atoms with E-state index in [2.05, 4.69) is 20.5 Å². The van der Waals surface area contributed by atoms with Crippen molar-refractivity contribution >= 4 is 67.2 Å². The summed E-state index contributed by atoms with van der Waals surface area (Å²) in [5.41, 5.74) is 2.34. The maximum atomic E-state index is 10.7. The number of thiazole rings is 1. The van der Waals surface area contributed by atoms with E-state index in [4.69, 9.17) is 27.9 Å². The first-order valence-electron chi connectivity index (χ1n) is 7.66. The van der Waals surface area contributed by atoms with Crippen LogP contribution >= 0.6 is 34.5 Å². The fraction of sp³-hybridized carbons (Fsp3) is 0.176. The lowest BCUT2D eigenvalue weighted by Gasteiger charge is -2.06. The monoisotopic (exact) mass is 408 g/mol. The second-order valence-corrected chi connectivity index (χ2v) is 7.07. The van der Waals surface area contributed by atoms with Crippen LogP contribution in [0.15, 0.2) is 46.6 Å². The van der Waals surface area contributed by atoms with Crippen LogP contribution in [0.2, 0.25) is 10.0 Å². The molecule has 26 heavy (non-hydrogen) atoms. The van der Waals surface area contributed by atoms with Gasteiger partial charge in [-0.25, -0.2) is 4.98 Å². The Balaban J connectivity index is 1.62. The number of benzene rings is 2. The van der Waals surface area contributed by atoms with E-state index in [0.29, 0.717) is 34.0 Å². The van der Waals surface area contributed by atoms with Crippen LogP contribution in [0.25, 0.3) is 10.2 Å². The molecule has 1 aromatic heterocycles. The normalized spacial score (nSPS) is 11.2. The van der Waals surface area contributed by atoms with E-state index in [-0.39, 0.29) is 5.97 Å². The SMILES string of the molecule is CC(=O)OCCNc1ccc(N=Nc2nc3cc(Cl)c(Cl)cc3s2)cc1. The van der Waals surface area contributed by atoms with E-state index in [1.807, 2.05) is 24.3 Å². The van der Waals surface area contributed by atoms with E-state index in [0.717, 1.165) is 15.9 Å². The molecule has 1 N–H and O–H groups in total. The molecule has 3 aromatic rings. The Hall–Kier alpha value is -2.22. The van der Waals surface area contributed by atoms with Gasteiger partial charge < -0.3 is 10.1 Å². The summed E-state index contributed by atoms with van der Waals surface area (Å²) in [5, 5.41) is 13.0. The van der Waals surface area contributed by atoms with Crippen LogP contribution < -0.4 is 5.32 Å². The molecule has 9 heteroatoms. The number of esters is 1. The van der Waals surface area contributed by atoms with Gasteiger partial charge in [0, 0.05) is 19.2 Å². The highest BCUT2D eigenvalue weighted by molar-refractivity contribution is 7.22. The van der Waals surface area contributed by atoms with Crippen molar-refractivity contribution in [3.05, 3.63) is 46.4 Å². The molecule has 3 rings (SSSR count). The molecule has 1 heterocycles. The summed E-state index contributed by atoms with van der Waals surface area (Å²) in [6, 6.07) is 10.9. The first kappa shape index (κ1) is 18.6. The topological polar surface area (TPSA) is 75.9 Å². The number of anilines is 1. The number of nitrogens with zero attached hydrogens (tertiary/aromatic N) is 3. The summed E-state index contributed by atoms with van der Waals surface area (Å²) in [4.78, 5) is 15.1. The van der Waals surface area contributed by atoms with Gasteiger partial charge in [0.2, 0.25) is 5.13 Å². The minimum absolute atomic E-state index is 0.290. The van der Waals surface area contributed by atoms with Gasteiger partial charge in [0.15, 0.2) is 0 Å². The molecule has 0 aliphatic carbocycles. The maximum Gasteiger partial charge on any atom is 0.302 e. The highest BCUT2D eigenvalue weighted by Crippen LogP contribution is 2.34. The van der Waals surface area contributed by atoms with Crippen LogP contribution in [0.4, 0.5) is 16.5 Å². The number of rotatable bonds is 6.